The summed E-state index contributed by atoms with van der Waals surface area (Å²) in [6.45, 7) is 0. The molecule has 9 rings (SSSR count). The standard InChI is InChI=1S/C44H29NO/c1-2-15-35(16-3-1)45(36-25-23-31(24-26-36)39-20-9-12-30-11-4-5-18-38(30)39)37-17-8-13-32(28-37)34-27-33-14-10-22-43-44(33)41(29-34)40-19-6-7-21-42(40)46-43/h1-29H. The molecule has 0 aromatic heterocycles. The van der Waals surface area contributed by atoms with Gasteiger partial charge in [0, 0.05) is 28.0 Å². The lowest BCUT2D eigenvalue weighted by atomic mass is 9.90. The van der Waals surface area contributed by atoms with Crippen LogP contribution >= 0.6 is 0 Å². The van der Waals surface area contributed by atoms with Crippen LogP contribution in [0.1, 0.15) is 0 Å². The molecule has 0 atom stereocenters. The van der Waals surface area contributed by atoms with E-state index >= 15 is 0 Å². The lowest BCUT2D eigenvalue weighted by Crippen LogP contribution is -2.09. The molecule has 8 aromatic carbocycles. The Labute approximate surface area is 268 Å². The minimum Gasteiger partial charge on any atom is -0.456 e. The van der Waals surface area contributed by atoms with Crippen molar-refractivity contribution >= 4 is 38.6 Å². The first-order chi connectivity index (χ1) is 22.8. The summed E-state index contributed by atoms with van der Waals surface area (Å²) < 4.78 is 6.29. The van der Waals surface area contributed by atoms with Crippen LogP contribution in [0.15, 0.2) is 176 Å². The highest BCUT2D eigenvalue weighted by atomic mass is 16.5. The topological polar surface area (TPSA) is 12.5 Å². The number of ether oxygens (including phenoxy) is 1. The summed E-state index contributed by atoms with van der Waals surface area (Å²) in [4.78, 5) is 2.34. The second-order valence-corrected chi connectivity index (χ2v) is 11.8. The Balaban J connectivity index is 1.16. The van der Waals surface area contributed by atoms with Gasteiger partial charge in [-0.15, -0.1) is 0 Å². The van der Waals surface area contributed by atoms with Gasteiger partial charge >= 0.3 is 0 Å². The van der Waals surface area contributed by atoms with Crippen LogP contribution in [0.4, 0.5) is 17.1 Å². The third-order valence-corrected chi connectivity index (χ3v) is 9.01. The zero-order valence-corrected chi connectivity index (χ0v) is 25.1. The molecule has 1 aliphatic rings. The van der Waals surface area contributed by atoms with Crippen molar-refractivity contribution in [3.8, 4) is 44.9 Å². The van der Waals surface area contributed by atoms with Crippen molar-refractivity contribution < 1.29 is 4.74 Å². The van der Waals surface area contributed by atoms with E-state index in [0.29, 0.717) is 0 Å². The van der Waals surface area contributed by atoms with Gasteiger partial charge in [-0.1, -0.05) is 115 Å². The molecule has 0 bridgehead atoms. The second kappa shape index (κ2) is 10.8. The quantitative estimate of drug-likeness (QED) is 0.199. The molecule has 2 nitrogen and oxygen atoms in total. The van der Waals surface area contributed by atoms with Crippen LogP contribution in [0.2, 0.25) is 0 Å². The number of rotatable bonds is 5. The van der Waals surface area contributed by atoms with Gasteiger partial charge in [-0.2, -0.15) is 0 Å². The molecule has 1 heterocycles. The highest BCUT2D eigenvalue weighted by Gasteiger charge is 2.21. The second-order valence-electron chi connectivity index (χ2n) is 11.8. The Morgan fingerprint density at radius 1 is 0.348 bits per heavy atom. The number of hydrogen-bond acceptors (Lipinski definition) is 2. The van der Waals surface area contributed by atoms with Crippen LogP contribution in [-0.2, 0) is 0 Å². The zero-order valence-electron chi connectivity index (χ0n) is 25.1. The average Bonchev–Trinajstić information content (AvgIpc) is 3.12. The number of fused-ring (bicyclic) bond motifs is 3. The lowest BCUT2D eigenvalue weighted by molar-refractivity contribution is 0.487. The normalized spacial score (nSPS) is 11.7. The van der Waals surface area contributed by atoms with Gasteiger partial charge in [0.25, 0.3) is 0 Å². The molecule has 1 aliphatic heterocycles. The SMILES string of the molecule is c1ccc(N(c2ccc(-c3cccc4ccccc34)cc2)c2cccc(-c3cc4c5c(cccc5c3)Oc3ccccc3-4)c2)cc1. The maximum atomic E-state index is 6.29. The van der Waals surface area contributed by atoms with Crippen molar-refractivity contribution in [2.24, 2.45) is 0 Å². The van der Waals surface area contributed by atoms with Crippen LogP contribution in [0.5, 0.6) is 11.5 Å². The van der Waals surface area contributed by atoms with E-state index in [2.05, 4.69) is 169 Å². The zero-order chi connectivity index (χ0) is 30.5. The Bertz CT molecular complexity index is 2390. The van der Waals surface area contributed by atoms with Crippen LogP contribution < -0.4 is 9.64 Å². The first-order valence-electron chi connectivity index (χ1n) is 15.7. The molecule has 0 radical (unpaired) electrons. The van der Waals surface area contributed by atoms with E-state index in [4.69, 9.17) is 4.74 Å². The molecule has 0 saturated heterocycles. The molecule has 0 spiro atoms. The number of benzene rings is 8. The molecular weight excluding hydrogens is 558 g/mol. The summed E-state index contributed by atoms with van der Waals surface area (Å²) in [6.07, 6.45) is 0. The van der Waals surface area contributed by atoms with Gasteiger partial charge in [-0.05, 0) is 105 Å². The monoisotopic (exact) mass is 587 g/mol. The van der Waals surface area contributed by atoms with Crippen molar-refractivity contribution in [3.63, 3.8) is 0 Å². The van der Waals surface area contributed by atoms with E-state index in [0.717, 1.165) is 34.1 Å². The summed E-state index contributed by atoms with van der Waals surface area (Å²) in [7, 11) is 0. The Morgan fingerprint density at radius 3 is 1.91 bits per heavy atom. The predicted molar refractivity (Wildman–Crippen MR) is 193 cm³/mol. The maximum Gasteiger partial charge on any atom is 0.135 e. The predicted octanol–water partition coefficient (Wildman–Crippen LogP) is 12.6. The van der Waals surface area contributed by atoms with Gasteiger partial charge in [0.05, 0.1) is 0 Å². The van der Waals surface area contributed by atoms with E-state index in [-0.39, 0.29) is 0 Å². The van der Waals surface area contributed by atoms with E-state index in [1.807, 2.05) is 12.1 Å². The summed E-state index contributed by atoms with van der Waals surface area (Å²) >= 11 is 0. The maximum absolute atomic E-state index is 6.29. The van der Waals surface area contributed by atoms with Gasteiger partial charge in [0.2, 0.25) is 0 Å². The van der Waals surface area contributed by atoms with Gasteiger partial charge in [0.1, 0.15) is 11.5 Å². The van der Waals surface area contributed by atoms with Gasteiger partial charge in [-0.25, -0.2) is 0 Å². The molecule has 0 fully saturated rings. The Morgan fingerprint density at radius 2 is 1.00 bits per heavy atom. The first kappa shape index (κ1) is 26.3. The molecule has 0 amide bonds. The average molecular weight is 588 g/mol. The van der Waals surface area contributed by atoms with Gasteiger partial charge in [0.15, 0.2) is 0 Å². The minimum atomic E-state index is 0.899. The highest BCUT2D eigenvalue weighted by Crippen LogP contribution is 2.48. The number of nitrogens with zero attached hydrogens (tertiary/aromatic N) is 1. The van der Waals surface area contributed by atoms with E-state index < -0.39 is 0 Å². The fourth-order valence-corrected chi connectivity index (χ4v) is 6.87. The van der Waals surface area contributed by atoms with Gasteiger partial charge < -0.3 is 9.64 Å². The smallest absolute Gasteiger partial charge is 0.135 e. The van der Waals surface area contributed by atoms with Crippen LogP contribution in [0, 0.1) is 0 Å². The van der Waals surface area contributed by atoms with Gasteiger partial charge in [-0.3, -0.25) is 0 Å². The first-order valence-corrected chi connectivity index (χ1v) is 15.7. The molecule has 2 heteroatoms. The van der Waals surface area contributed by atoms with Crippen LogP contribution in [0.3, 0.4) is 0 Å². The van der Waals surface area contributed by atoms with Crippen molar-refractivity contribution in [3.05, 3.63) is 176 Å². The number of hydrogen-bond donors (Lipinski definition) is 0. The third-order valence-electron chi connectivity index (χ3n) is 9.01. The molecule has 0 N–H and O–H groups in total. The molecule has 0 saturated carbocycles. The van der Waals surface area contributed by atoms with Crippen LogP contribution in [-0.4, -0.2) is 0 Å². The van der Waals surface area contributed by atoms with Crippen molar-refractivity contribution in [2.75, 3.05) is 4.90 Å². The third kappa shape index (κ3) is 4.43. The number of para-hydroxylation sites is 2. The molecular formula is C44H29NO. The fourth-order valence-electron chi connectivity index (χ4n) is 6.87. The summed E-state index contributed by atoms with van der Waals surface area (Å²) in [6, 6.07) is 62.8. The van der Waals surface area contributed by atoms with Crippen molar-refractivity contribution in [1.82, 2.24) is 0 Å². The summed E-state index contributed by atoms with van der Waals surface area (Å²) in [5.74, 6) is 1.81. The molecule has 0 unspecified atom stereocenters. The lowest BCUT2D eigenvalue weighted by Gasteiger charge is -2.26. The largest absolute Gasteiger partial charge is 0.456 e. The summed E-state index contributed by atoms with van der Waals surface area (Å²) in [5.41, 5.74) is 10.5. The molecule has 8 aromatic rings. The van der Waals surface area contributed by atoms with E-state index in [9.17, 15) is 0 Å². The van der Waals surface area contributed by atoms with E-state index in [1.165, 1.54) is 49.4 Å². The van der Waals surface area contributed by atoms with Crippen molar-refractivity contribution in [1.29, 1.82) is 0 Å². The minimum absolute atomic E-state index is 0.899. The van der Waals surface area contributed by atoms with E-state index in [1.54, 1.807) is 0 Å². The molecule has 46 heavy (non-hydrogen) atoms. The molecule has 0 aliphatic carbocycles. The van der Waals surface area contributed by atoms with Crippen molar-refractivity contribution in [2.45, 2.75) is 0 Å². The summed E-state index contributed by atoms with van der Waals surface area (Å²) in [5, 5.41) is 4.86. The fraction of sp³-hybridized carbons (Fsp3) is 0. The number of anilines is 3. The molecule has 216 valence electrons. The Kier molecular flexibility index (Phi) is 6.17. The van der Waals surface area contributed by atoms with Crippen LogP contribution in [0.25, 0.3) is 54.9 Å². The highest BCUT2D eigenvalue weighted by molar-refractivity contribution is 6.06. The Hall–Kier alpha value is -6.12.